The molecule has 350 valence electrons. The molecule has 0 aromatic carbocycles. The summed E-state index contributed by atoms with van der Waals surface area (Å²) in [5, 5.41) is 9.74. The maximum atomic E-state index is 15.9. The predicted octanol–water partition coefficient (Wildman–Crippen LogP) is 10.5. The molecule has 1 N–H and O–H groups in total. The highest BCUT2D eigenvalue weighted by molar-refractivity contribution is 5.85. The molecular formula is C54H79N5O5. The van der Waals surface area contributed by atoms with E-state index in [1.54, 1.807) is 0 Å². The Hall–Kier alpha value is -3.53. The van der Waals surface area contributed by atoms with Crippen LogP contribution in [0.4, 0.5) is 0 Å². The van der Waals surface area contributed by atoms with Crippen LogP contribution in [0.3, 0.4) is 0 Å². The van der Waals surface area contributed by atoms with E-state index in [0.717, 1.165) is 107 Å². The number of carboxylic acids is 1. The molecule has 1 saturated heterocycles. The lowest BCUT2D eigenvalue weighted by atomic mass is 9.32. The molecule has 3 unspecified atom stereocenters. The highest BCUT2D eigenvalue weighted by Gasteiger charge is 2.72. The van der Waals surface area contributed by atoms with Crippen molar-refractivity contribution in [1.82, 2.24) is 24.3 Å². The summed E-state index contributed by atoms with van der Waals surface area (Å²) in [6.07, 6.45) is 18.5. The van der Waals surface area contributed by atoms with E-state index in [4.69, 9.17) is 9.72 Å². The lowest BCUT2D eigenvalue weighted by molar-refractivity contribution is -0.251. The maximum Gasteiger partial charge on any atom is 0.309 e. The van der Waals surface area contributed by atoms with Gasteiger partial charge >= 0.3 is 11.9 Å². The van der Waals surface area contributed by atoms with Crippen LogP contribution in [-0.4, -0.2) is 80.6 Å². The Bertz CT molecular complexity index is 2160. The number of rotatable bonds is 10. The lowest BCUT2D eigenvalue weighted by Crippen LogP contribution is -2.67. The second-order valence-electron chi connectivity index (χ2n) is 24.5. The van der Waals surface area contributed by atoms with Crippen LogP contribution in [-0.2, 0) is 25.7 Å². The largest absolute Gasteiger partial charge is 0.481 e. The fourth-order valence-corrected chi connectivity index (χ4v) is 17.1. The molecular weight excluding hydrogens is 799 g/mol. The zero-order chi connectivity index (χ0) is 45.9. The fourth-order valence-electron chi connectivity index (χ4n) is 17.1. The minimum atomic E-state index is -0.818. The number of amides is 1. The lowest BCUT2D eigenvalue weighted by Gasteiger charge is -2.73. The number of carboxylic acid groups (broad SMARTS) is 1. The Labute approximate surface area is 383 Å². The number of carbonyl (C=O) groups excluding carboxylic acids is 2. The van der Waals surface area contributed by atoms with Gasteiger partial charge in [-0.3, -0.25) is 19.4 Å². The SMILES string of the molecule is C=C(C)[C@@H]1CC[C@]2(C(=O)N3CCC[C@H]3c3nc(-c4ccncc4)cn3CCN(C)C)CC[C@]3(C)[C@H](CCC4[C@@]5(C)CC[C@H](OC(=O)[C@H]6C[C@@H](C(=O)O)C6(C)C)C(C)(C)C5CC[C@]43C)C12. The first-order valence-electron chi connectivity index (χ1n) is 25.1. The zero-order valence-corrected chi connectivity index (χ0v) is 40.9. The van der Waals surface area contributed by atoms with E-state index in [-0.39, 0.29) is 57.0 Å². The first-order valence-corrected chi connectivity index (χ1v) is 25.1. The van der Waals surface area contributed by atoms with Gasteiger partial charge in [-0.15, -0.1) is 0 Å². The molecule has 9 rings (SSSR count). The molecule has 0 spiro atoms. The van der Waals surface area contributed by atoms with Gasteiger partial charge in [-0.1, -0.05) is 60.6 Å². The number of esters is 1. The number of imidazole rings is 1. The Morgan fingerprint density at radius 3 is 2.27 bits per heavy atom. The predicted molar refractivity (Wildman–Crippen MR) is 250 cm³/mol. The van der Waals surface area contributed by atoms with Crippen molar-refractivity contribution in [3.8, 4) is 11.3 Å². The van der Waals surface area contributed by atoms with Crippen LogP contribution in [0.25, 0.3) is 11.3 Å². The molecule has 6 aliphatic carbocycles. The molecule has 10 heteroatoms. The van der Waals surface area contributed by atoms with Gasteiger partial charge in [-0.05, 0) is 168 Å². The fraction of sp³-hybridized carbons (Fsp3) is 0.759. The van der Waals surface area contributed by atoms with Crippen molar-refractivity contribution in [2.45, 2.75) is 158 Å². The Kier molecular flexibility index (Phi) is 11.3. The van der Waals surface area contributed by atoms with Gasteiger partial charge in [0.2, 0.25) is 5.91 Å². The molecule has 1 aliphatic heterocycles. The number of ether oxygens (including phenoxy) is 1. The second kappa shape index (κ2) is 15.8. The Morgan fingerprint density at radius 2 is 1.59 bits per heavy atom. The average molecular weight is 878 g/mol. The molecule has 2 aromatic rings. The molecule has 13 atom stereocenters. The van der Waals surface area contributed by atoms with Crippen molar-refractivity contribution >= 4 is 17.8 Å². The van der Waals surface area contributed by atoms with Gasteiger partial charge < -0.3 is 24.2 Å². The molecule has 1 amide bonds. The standard InChI is InChI=1S/C54H79N5O5/c1-33(2)35-16-23-54(48(63)59-28-12-13-40(59)45-56-39(34-19-26-55-27-20-34)32-58(45)30-29-57(10)11)25-24-52(8)36(44(35)54)14-15-42-51(7)21-18-43(50(5,6)41(51)17-22-53(42,52)9)64-47(62)38-31-37(46(60)61)49(38,3)4/h19-20,26-27,32,35-38,40-44H,1,12-18,21-25,28-31H2,2-11H3,(H,60,61)/t35-,36+,37-,38+,40-,41?,42?,43-,44?,51-,52+,53+,54-/m0/s1. The Balaban J connectivity index is 0.983. The third-order valence-corrected chi connectivity index (χ3v) is 20.9. The van der Waals surface area contributed by atoms with Crippen molar-refractivity contribution in [1.29, 1.82) is 0 Å². The number of hydrogen-bond acceptors (Lipinski definition) is 7. The number of aromatic nitrogens is 3. The first kappa shape index (κ1) is 45.6. The van der Waals surface area contributed by atoms with E-state index in [0.29, 0.717) is 36.0 Å². The van der Waals surface area contributed by atoms with E-state index in [1.165, 1.54) is 12.0 Å². The number of aliphatic carboxylic acids is 1. The summed E-state index contributed by atoms with van der Waals surface area (Å²) in [6.45, 7) is 25.8. The molecule has 0 radical (unpaired) electrons. The minimum absolute atomic E-state index is 0.0411. The van der Waals surface area contributed by atoms with Crippen molar-refractivity contribution in [3.05, 3.63) is 48.7 Å². The number of pyridine rings is 1. The second-order valence-corrected chi connectivity index (χ2v) is 24.5. The summed E-state index contributed by atoms with van der Waals surface area (Å²) < 4.78 is 8.82. The van der Waals surface area contributed by atoms with Crippen LogP contribution < -0.4 is 0 Å². The molecule has 6 saturated carbocycles. The van der Waals surface area contributed by atoms with Crippen LogP contribution >= 0.6 is 0 Å². The van der Waals surface area contributed by atoms with Gasteiger partial charge in [0, 0.05) is 49.2 Å². The summed E-state index contributed by atoms with van der Waals surface area (Å²) >= 11 is 0. The molecule has 64 heavy (non-hydrogen) atoms. The van der Waals surface area contributed by atoms with Crippen LogP contribution in [0.1, 0.15) is 151 Å². The third-order valence-electron chi connectivity index (χ3n) is 20.9. The van der Waals surface area contributed by atoms with E-state index in [1.807, 2.05) is 38.4 Å². The minimum Gasteiger partial charge on any atom is -0.481 e. The zero-order valence-electron chi connectivity index (χ0n) is 40.9. The van der Waals surface area contributed by atoms with Gasteiger partial charge in [-0.2, -0.15) is 0 Å². The monoisotopic (exact) mass is 878 g/mol. The summed E-state index contributed by atoms with van der Waals surface area (Å²) in [5.74, 6) is 1.55. The van der Waals surface area contributed by atoms with Crippen molar-refractivity contribution < 1.29 is 24.2 Å². The van der Waals surface area contributed by atoms with Gasteiger partial charge in [0.05, 0.1) is 29.0 Å². The molecule has 10 nitrogen and oxygen atoms in total. The van der Waals surface area contributed by atoms with Gasteiger partial charge in [0.1, 0.15) is 11.9 Å². The molecule has 7 fully saturated rings. The number of likely N-dealkylation sites (N-methyl/N-ethyl adjacent to an activating group) is 1. The molecule has 7 aliphatic rings. The van der Waals surface area contributed by atoms with Gasteiger partial charge in [-0.25, -0.2) is 4.98 Å². The highest BCUT2D eigenvalue weighted by atomic mass is 16.5. The number of carbonyl (C=O) groups is 3. The van der Waals surface area contributed by atoms with E-state index >= 15 is 4.79 Å². The highest BCUT2D eigenvalue weighted by Crippen LogP contribution is 2.78. The van der Waals surface area contributed by atoms with Crippen molar-refractivity contribution in [3.63, 3.8) is 0 Å². The topological polar surface area (TPSA) is 118 Å². The number of likely N-dealkylation sites (tertiary alicyclic amines) is 1. The van der Waals surface area contributed by atoms with Gasteiger partial charge in [0.15, 0.2) is 0 Å². The quantitative estimate of drug-likeness (QED) is 0.185. The molecule has 0 bridgehead atoms. The number of nitrogens with zero attached hydrogens (tertiary/aromatic N) is 5. The Morgan fingerprint density at radius 1 is 0.859 bits per heavy atom. The van der Waals surface area contributed by atoms with E-state index in [2.05, 4.69) is 87.8 Å². The van der Waals surface area contributed by atoms with Crippen LogP contribution in [0.2, 0.25) is 0 Å². The number of fused-ring (bicyclic) bond motifs is 7. The molecule has 3 heterocycles. The number of hydrogen-bond donors (Lipinski definition) is 1. The summed E-state index contributed by atoms with van der Waals surface area (Å²) in [5.41, 5.74) is 2.39. The third kappa shape index (κ3) is 6.65. The normalized spacial score (nSPS) is 40.7. The van der Waals surface area contributed by atoms with Gasteiger partial charge in [0.25, 0.3) is 0 Å². The summed E-state index contributed by atoms with van der Waals surface area (Å²) in [7, 11) is 4.23. The molecule has 2 aromatic heterocycles. The van der Waals surface area contributed by atoms with Crippen LogP contribution in [0.5, 0.6) is 0 Å². The average Bonchev–Trinajstić information content (AvgIpc) is 3.99. The summed E-state index contributed by atoms with van der Waals surface area (Å²) in [4.78, 5) is 55.6. The van der Waals surface area contributed by atoms with Crippen LogP contribution in [0, 0.1) is 73.9 Å². The maximum absolute atomic E-state index is 15.9. The first-order chi connectivity index (χ1) is 30.1. The smallest absolute Gasteiger partial charge is 0.309 e. The number of allylic oxidation sites excluding steroid dienone is 1. The van der Waals surface area contributed by atoms with E-state index in [9.17, 15) is 14.7 Å². The van der Waals surface area contributed by atoms with E-state index < -0.39 is 17.3 Å². The van der Waals surface area contributed by atoms with Crippen molar-refractivity contribution in [2.24, 2.45) is 73.9 Å². The van der Waals surface area contributed by atoms with Crippen molar-refractivity contribution in [2.75, 3.05) is 27.2 Å². The summed E-state index contributed by atoms with van der Waals surface area (Å²) in [6, 6.07) is 4.02. The van der Waals surface area contributed by atoms with Crippen LogP contribution in [0.15, 0.2) is 42.9 Å².